The average molecular weight is 275 g/mol. The fourth-order valence-corrected chi connectivity index (χ4v) is 2.29. The fraction of sp³-hybridized carbons (Fsp3) is 0.333. The largest absolute Gasteiger partial charge is 0.497 e. The zero-order chi connectivity index (χ0) is 14.5. The lowest BCUT2D eigenvalue weighted by Gasteiger charge is -2.24. The number of carboxylic acid groups (broad SMARTS) is 1. The number of carbonyl (C=O) groups is 2. The van der Waals surface area contributed by atoms with Crippen molar-refractivity contribution in [2.24, 2.45) is 11.8 Å². The van der Waals surface area contributed by atoms with Gasteiger partial charge in [0.2, 0.25) is 5.91 Å². The number of methoxy groups -OCH3 is 1. The highest BCUT2D eigenvalue weighted by Gasteiger charge is 2.33. The molecule has 1 aliphatic rings. The Balaban J connectivity index is 2.06. The van der Waals surface area contributed by atoms with E-state index in [1.807, 2.05) is 12.2 Å². The van der Waals surface area contributed by atoms with Gasteiger partial charge in [-0.3, -0.25) is 9.59 Å². The summed E-state index contributed by atoms with van der Waals surface area (Å²) in [7, 11) is 1.57. The first kappa shape index (κ1) is 14.1. The molecular formula is C15H17NO4. The summed E-state index contributed by atoms with van der Waals surface area (Å²) in [5.41, 5.74) is 0.634. The molecule has 0 aliphatic heterocycles. The number of aliphatic carboxylic acids is 1. The van der Waals surface area contributed by atoms with Crippen LogP contribution in [0.3, 0.4) is 0 Å². The number of amides is 1. The van der Waals surface area contributed by atoms with E-state index in [-0.39, 0.29) is 5.91 Å². The molecule has 0 heterocycles. The summed E-state index contributed by atoms with van der Waals surface area (Å²) in [6.07, 6.45) is 4.53. The number of anilines is 1. The Bertz CT molecular complexity index is 521. The van der Waals surface area contributed by atoms with Crippen LogP contribution in [0, 0.1) is 11.8 Å². The molecule has 0 saturated heterocycles. The summed E-state index contributed by atoms with van der Waals surface area (Å²) in [5, 5.41) is 11.9. The van der Waals surface area contributed by atoms with Crippen molar-refractivity contribution >= 4 is 17.6 Å². The molecule has 0 aromatic heterocycles. The van der Waals surface area contributed by atoms with Crippen molar-refractivity contribution in [2.45, 2.75) is 12.8 Å². The second kappa shape index (κ2) is 6.23. The Morgan fingerprint density at radius 1 is 1.15 bits per heavy atom. The number of rotatable bonds is 4. The molecule has 1 aromatic rings. The standard InChI is InChI=1S/C15H17NO4/c1-20-11-8-6-10(7-9-11)16-14(17)12-4-2-3-5-13(12)15(18)19/h2-3,6-9,12-13H,4-5H2,1H3,(H,16,17)(H,18,19)/t12-,13+/m0/s1. The Morgan fingerprint density at radius 2 is 1.75 bits per heavy atom. The van der Waals surface area contributed by atoms with Crippen molar-refractivity contribution in [3.8, 4) is 5.75 Å². The average Bonchev–Trinajstić information content (AvgIpc) is 2.48. The predicted octanol–water partition coefficient (Wildman–Crippen LogP) is 2.30. The van der Waals surface area contributed by atoms with Crippen molar-refractivity contribution in [2.75, 3.05) is 12.4 Å². The van der Waals surface area contributed by atoms with Gasteiger partial charge in [0.15, 0.2) is 0 Å². The number of nitrogens with one attached hydrogen (secondary N) is 1. The number of benzene rings is 1. The highest BCUT2D eigenvalue weighted by Crippen LogP contribution is 2.27. The molecule has 20 heavy (non-hydrogen) atoms. The number of carbonyl (C=O) groups excluding carboxylic acids is 1. The normalized spacial score (nSPS) is 21.2. The van der Waals surface area contributed by atoms with E-state index in [9.17, 15) is 9.59 Å². The molecule has 2 atom stereocenters. The lowest BCUT2D eigenvalue weighted by Crippen LogP contribution is -2.34. The van der Waals surface area contributed by atoms with Crippen molar-refractivity contribution in [3.63, 3.8) is 0 Å². The van der Waals surface area contributed by atoms with Crippen molar-refractivity contribution in [3.05, 3.63) is 36.4 Å². The molecule has 0 bridgehead atoms. The van der Waals surface area contributed by atoms with Crippen LogP contribution in [-0.2, 0) is 9.59 Å². The Hall–Kier alpha value is -2.30. The minimum Gasteiger partial charge on any atom is -0.497 e. The van der Waals surface area contributed by atoms with Crippen LogP contribution in [0.15, 0.2) is 36.4 Å². The van der Waals surface area contributed by atoms with Crippen molar-refractivity contribution in [1.29, 1.82) is 0 Å². The smallest absolute Gasteiger partial charge is 0.307 e. The van der Waals surface area contributed by atoms with E-state index < -0.39 is 17.8 Å². The van der Waals surface area contributed by atoms with Gasteiger partial charge in [0, 0.05) is 5.69 Å². The van der Waals surface area contributed by atoms with E-state index >= 15 is 0 Å². The van der Waals surface area contributed by atoms with Crippen LogP contribution < -0.4 is 10.1 Å². The van der Waals surface area contributed by atoms with Gasteiger partial charge in [0.1, 0.15) is 5.75 Å². The molecule has 1 aliphatic carbocycles. The van der Waals surface area contributed by atoms with Gasteiger partial charge in [-0.15, -0.1) is 0 Å². The molecule has 106 valence electrons. The molecule has 0 spiro atoms. The van der Waals surface area contributed by atoms with Crippen molar-refractivity contribution < 1.29 is 19.4 Å². The topological polar surface area (TPSA) is 75.6 Å². The summed E-state index contributed by atoms with van der Waals surface area (Å²) in [6.45, 7) is 0. The first-order chi connectivity index (χ1) is 9.61. The van der Waals surface area contributed by atoms with E-state index in [0.29, 0.717) is 24.3 Å². The molecule has 0 radical (unpaired) electrons. The third-order valence-electron chi connectivity index (χ3n) is 3.44. The van der Waals surface area contributed by atoms with Gasteiger partial charge in [-0.2, -0.15) is 0 Å². The van der Waals surface area contributed by atoms with Gasteiger partial charge < -0.3 is 15.2 Å². The minimum absolute atomic E-state index is 0.257. The lowest BCUT2D eigenvalue weighted by atomic mass is 9.82. The van der Waals surface area contributed by atoms with E-state index in [4.69, 9.17) is 9.84 Å². The summed E-state index contributed by atoms with van der Waals surface area (Å²) in [5.74, 6) is -1.67. The maximum Gasteiger partial charge on any atom is 0.307 e. The first-order valence-electron chi connectivity index (χ1n) is 6.44. The maximum atomic E-state index is 12.2. The van der Waals surface area contributed by atoms with Gasteiger partial charge in [0.25, 0.3) is 0 Å². The molecule has 2 rings (SSSR count). The van der Waals surface area contributed by atoms with E-state index in [0.717, 1.165) is 0 Å². The highest BCUT2D eigenvalue weighted by atomic mass is 16.5. The first-order valence-corrected chi connectivity index (χ1v) is 6.44. The highest BCUT2D eigenvalue weighted by molar-refractivity contribution is 5.95. The third-order valence-corrected chi connectivity index (χ3v) is 3.44. The molecule has 5 nitrogen and oxygen atoms in total. The van der Waals surface area contributed by atoms with Crippen molar-refractivity contribution in [1.82, 2.24) is 0 Å². The van der Waals surface area contributed by atoms with E-state index in [2.05, 4.69) is 5.32 Å². The molecule has 0 unspecified atom stereocenters. The minimum atomic E-state index is -0.927. The Morgan fingerprint density at radius 3 is 2.30 bits per heavy atom. The van der Waals surface area contributed by atoms with Crippen LogP contribution >= 0.6 is 0 Å². The number of allylic oxidation sites excluding steroid dienone is 2. The van der Waals surface area contributed by atoms with Gasteiger partial charge >= 0.3 is 5.97 Å². The number of hydrogen-bond donors (Lipinski definition) is 2. The summed E-state index contributed by atoms with van der Waals surface area (Å²) in [4.78, 5) is 23.4. The van der Waals surface area contributed by atoms with Gasteiger partial charge in [-0.25, -0.2) is 0 Å². The molecule has 1 amide bonds. The van der Waals surface area contributed by atoms with Gasteiger partial charge in [0.05, 0.1) is 18.9 Å². The third kappa shape index (κ3) is 3.17. The molecule has 2 N–H and O–H groups in total. The van der Waals surface area contributed by atoms with Crippen LogP contribution in [0.4, 0.5) is 5.69 Å². The van der Waals surface area contributed by atoms with Crippen LogP contribution in [0.5, 0.6) is 5.75 Å². The molecule has 1 aromatic carbocycles. The fourth-order valence-electron chi connectivity index (χ4n) is 2.29. The summed E-state index contributed by atoms with van der Waals surface area (Å²) >= 11 is 0. The predicted molar refractivity (Wildman–Crippen MR) is 74.6 cm³/mol. The van der Waals surface area contributed by atoms with Crippen LogP contribution in [0.1, 0.15) is 12.8 Å². The number of carboxylic acids is 1. The molecular weight excluding hydrogens is 258 g/mol. The second-order valence-corrected chi connectivity index (χ2v) is 4.71. The monoisotopic (exact) mass is 275 g/mol. The van der Waals surface area contributed by atoms with Crippen LogP contribution in [0.2, 0.25) is 0 Å². The SMILES string of the molecule is COc1ccc(NC(=O)[C@H]2CC=CC[C@H]2C(=O)O)cc1. The zero-order valence-corrected chi connectivity index (χ0v) is 11.2. The Labute approximate surface area is 117 Å². The molecule has 0 fully saturated rings. The quantitative estimate of drug-likeness (QED) is 0.827. The van der Waals surface area contributed by atoms with Crippen LogP contribution in [-0.4, -0.2) is 24.1 Å². The number of ether oxygens (including phenoxy) is 1. The molecule has 0 saturated carbocycles. The second-order valence-electron chi connectivity index (χ2n) is 4.71. The lowest BCUT2D eigenvalue weighted by molar-refractivity contribution is -0.146. The van der Waals surface area contributed by atoms with Crippen LogP contribution in [0.25, 0.3) is 0 Å². The van der Waals surface area contributed by atoms with E-state index in [1.165, 1.54) is 0 Å². The Kier molecular flexibility index (Phi) is 4.40. The zero-order valence-electron chi connectivity index (χ0n) is 11.2. The molecule has 5 heteroatoms. The summed E-state index contributed by atoms with van der Waals surface area (Å²) < 4.78 is 5.04. The maximum absolute atomic E-state index is 12.2. The van der Waals surface area contributed by atoms with E-state index in [1.54, 1.807) is 31.4 Å². The van der Waals surface area contributed by atoms with Gasteiger partial charge in [-0.1, -0.05) is 12.2 Å². The summed E-state index contributed by atoms with van der Waals surface area (Å²) in [6, 6.07) is 6.94. The number of hydrogen-bond acceptors (Lipinski definition) is 3. The van der Waals surface area contributed by atoms with Gasteiger partial charge in [-0.05, 0) is 37.1 Å².